The van der Waals surface area contributed by atoms with E-state index < -0.39 is 108 Å². The van der Waals surface area contributed by atoms with Gasteiger partial charge in [0.1, 0.15) is 41.7 Å². The van der Waals surface area contributed by atoms with Crippen LogP contribution in [0.2, 0.25) is 0 Å². The fourth-order valence-electron chi connectivity index (χ4n) is 9.61. The van der Waals surface area contributed by atoms with Crippen LogP contribution in [-0.4, -0.2) is 142 Å². The fourth-order valence-corrected chi connectivity index (χ4v) is 11.2. The van der Waals surface area contributed by atoms with Gasteiger partial charge in [0.25, 0.3) is 11.5 Å². The van der Waals surface area contributed by atoms with Gasteiger partial charge in [-0.25, -0.2) is 18.7 Å². The van der Waals surface area contributed by atoms with Crippen LogP contribution in [0.25, 0.3) is 22.3 Å². The molecule has 0 saturated carbocycles. The van der Waals surface area contributed by atoms with Gasteiger partial charge in [0.05, 0.1) is 46.5 Å². The first kappa shape index (κ1) is 63.9. The van der Waals surface area contributed by atoms with E-state index in [1.165, 1.54) is 14.2 Å². The average Bonchev–Trinajstić information content (AvgIpc) is 1.19. The summed E-state index contributed by atoms with van der Waals surface area (Å²) in [6.45, 7) is 1.63. The molecule has 90 heavy (non-hydrogen) atoms. The number of anilines is 2. The molecular weight excluding hydrogens is 1220 g/mol. The second-order valence-electron chi connectivity index (χ2n) is 20.0. The second kappa shape index (κ2) is 29.5. The number of nitrogens with zero attached hydrogens (tertiary/aromatic N) is 11. The maximum absolute atomic E-state index is 18.0. The molecule has 10 atom stereocenters. The van der Waals surface area contributed by atoms with Gasteiger partial charge in [-0.2, -0.15) is 19.6 Å². The van der Waals surface area contributed by atoms with E-state index in [4.69, 9.17) is 41.8 Å². The zero-order chi connectivity index (χ0) is 63.3. The molecule has 2 amide bonds. The number of aromatic nitrogens is 11. The van der Waals surface area contributed by atoms with Crippen LogP contribution < -0.4 is 25.7 Å². The predicted octanol–water partition coefficient (Wildman–Crippen LogP) is 7.77. The van der Waals surface area contributed by atoms with Gasteiger partial charge in [-0.1, -0.05) is 103 Å². The summed E-state index contributed by atoms with van der Waals surface area (Å²) in [4.78, 5) is 67.8. The Labute approximate surface area is 512 Å². The minimum absolute atomic E-state index is 0.0224. The highest BCUT2D eigenvalue weighted by atomic mass is 31.2. The Kier molecular flexibility index (Phi) is 20.9. The number of halogens is 2. The fraction of sp³-hybridized carbons (Fsp3) is 0.310. The van der Waals surface area contributed by atoms with Gasteiger partial charge in [-0.3, -0.25) is 29.7 Å². The van der Waals surface area contributed by atoms with Crippen LogP contribution in [0.15, 0.2) is 151 Å². The Morgan fingerprint density at radius 3 is 1.98 bits per heavy atom. The minimum atomic E-state index is -3.51. The molecule has 0 bridgehead atoms. The van der Waals surface area contributed by atoms with Crippen LogP contribution >= 0.6 is 16.9 Å². The number of hydrogen-bond donors (Lipinski definition) is 4. The van der Waals surface area contributed by atoms with Gasteiger partial charge in [0.15, 0.2) is 59.0 Å². The average molecular weight is 1270 g/mol. The lowest BCUT2D eigenvalue weighted by Gasteiger charge is -2.37. The molecule has 4 N–H and O–H groups in total. The molecule has 0 aliphatic carbocycles. The number of nitriles is 1. The molecule has 2 aliphatic rings. The van der Waals surface area contributed by atoms with Crippen LogP contribution in [0.1, 0.15) is 59.8 Å². The number of rotatable bonds is 24. The number of H-pyrrole nitrogens is 1. The highest BCUT2D eigenvalue weighted by Gasteiger charge is 2.55. The summed E-state index contributed by atoms with van der Waals surface area (Å²) in [5.74, 6) is -0.808. The molecular formula is C58H57F2N14O14P2+. The van der Waals surface area contributed by atoms with Gasteiger partial charge in [-0.05, 0) is 65.2 Å². The number of benzene rings is 4. The molecule has 0 radical (unpaired) electrons. The minimum Gasteiger partial charge on any atom is -0.497 e. The van der Waals surface area contributed by atoms with E-state index >= 15 is 8.78 Å². The molecule has 466 valence electrons. The Hall–Kier alpha value is -9.11. The topological polar surface area (TPSA) is 348 Å². The second-order valence-corrected chi connectivity index (χ2v) is 21.9. The maximum atomic E-state index is 18.0. The number of methoxy groups -OCH3 is 2. The summed E-state index contributed by atoms with van der Waals surface area (Å²) in [6, 6.07) is 39.5. The van der Waals surface area contributed by atoms with Crippen molar-refractivity contribution in [2.75, 3.05) is 44.7 Å². The summed E-state index contributed by atoms with van der Waals surface area (Å²) >= 11 is 0. The normalized spacial score (nSPS) is 20.2. The van der Waals surface area contributed by atoms with E-state index in [0.717, 1.165) is 15.7 Å². The molecule has 2 fully saturated rings. The number of hydrogen-bond acceptors (Lipinski definition) is 22. The zero-order valence-corrected chi connectivity index (χ0v) is 50.0. The smallest absolute Gasteiger partial charge is 0.497 e. The third-order valence-electron chi connectivity index (χ3n) is 14.0. The Balaban J connectivity index is 0.00000140. The first-order valence-electron chi connectivity index (χ1n) is 27.6. The van der Waals surface area contributed by atoms with E-state index in [9.17, 15) is 29.1 Å². The lowest BCUT2D eigenvalue weighted by Crippen LogP contribution is -2.40. The molecule has 2 aliphatic heterocycles. The van der Waals surface area contributed by atoms with E-state index in [-0.39, 0.29) is 47.1 Å². The summed E-state index contributed by atoms with van der Waals surface area (Å²) in [7, 11) is -3.28. The molecule has 0 spiro atoms. The predicted molar refractivity (Wildman–Crippen MR) is 316 cm³/mol. The van der Waals surface area contributed by atoms with Gasteiger partial charge in [-0.15, -0.1) is 19.6 Å². The van der Waals surface area contributed by atoms with Crippen LogP contribution in [0.5, 0.6) is 11.5 Å². The van der Waals surface area contributed by atoms with Gasteiger partial charge < -0.3 is 42.6 Å². The Morgan fingerprint density at radius 1 is 0.767 bits per heavy atom. The molecule has 2 saturated heterocycles. The number of nitrogens with one attached hydrogen (secondary N) is 3. The lowest BCUT2D eigenvalue weighted by atomic mass is 9.80. The van der Waals surface area contributed by atoms with Crippen molar-refractivity contribution in [2.24, 2.45) is 5.92 Å². The van der Waals surface area contributed by atoms with Crippen molar-refractivity contribution >= 4 is 62.8 Å². The standard InChI is InChI=1S/C53H51F2N13O14P2.C5H5N/c1-29(2)47(69)61-52-60-46-41(49(71)62-52)64-66-68(46)51-43(81-83(72)73)38(54)36(79-51)27-78-84(77-25-11-24-56)82-42-37(80-50(39(42)55)67-45-40(63-65-67)44(57-28-58-45)59-48(70)30-12-7-5-8-13-30)26-76-53(31-14-9-6-10-15-31,32-16-20-34(74-3)21-17-32)33-18-22-35(75-4)23-19-33;1-2-4-6-5-3-1/h5-10,12-23,28-29,36-39,42-43,50-51H,11,25-27H2,1-4H3,(H3-,57,58,59,60,61,62,65,66,69,70,71,72,73);1-5H/p+1/t36-,37-,38-,39+,42-,43+,50-,51-,84?;/m1./s1. The van der Waals surface area contributed by atoms with Gasteiger partial charge in [0.2, 0.25) is 11.9 Å². The summed E-state index contributed by atoms with van der Waals surface area (Å²) in [5.41, 5.74) is -0.905. The van der Waals surface area contributed by atoms with Crippen molar-refractivity contribution in [3.05, 3.63) is 179 Å². The number of amides is 2. The number of ether oxygens (including phenoxy) is 5. The van der Waals surface area contributed by atoms with Gasteiger partial charge >= 0.3 is 16.9 Å². The number of carbonyl (C=O) groups excluding carboxylic acids is 2. The van der Waals surface area contributed by atoms with Crippen molar-refractivity contribution < 1.29 is 69.6 Å². The summed E-state index contributed by atoms with van der Waals surface area (Å²) in [6.07, 6.45) is -10.3. The molecule has 9 aromatic rings. The van der Waals surface area contributed by atoms with Crippen molar-refractivity contribution in [1.29, 1.82) is 5.26 Å². The highest BCUT2D eigenvalue weighted by Crippen LogP contribution is 2.50. The zero-order valence-electron chi connectivity index (χ0n) is 48.2. The number of fused-ring (bicyclic) bond motifs is 2. The van der Waals surface area contributed by atoms with Crippen molar-refractivity contribution in [3.8, 4) is 17.6 Å². The molecule has 7 heterocycles. The largest absolute Gasteiger partial charge is 0.695 e. The SMILES string of the molecule is COc1ccc(C(OC[C@H]2O[C@@H](n3nnc4c(NC(=O)c5ccccc5)ncnc43)[C@@H](F)[C@@H]2OP(OCCC#N)OC[C@H]2O[C@@H](n3nnc4c(=O)[nH]c(NC(=O)C(C)C)nc43)[C@@H](O[P+](=O)O)[C@@H]2F)(c2ccccc2)c2ccc(OC)cc2)cc1.c1ccncc1. The molecule has 2 unspecified atom stereocenters. The highest BCUT2D eigenvalue weighted by molar-refractivity contribution is 7.41. The van der Waals surface area contributed by atoms with Crippen molar-refractivity contribution in [2.45, 2.75) is 75.1 Å². The third-order valence-corrected chi connectivity index (χ3v) is 15.6. The first-order valence-corrected chi connectivity index (χ1v) is 29.9. The van der Waals surface area contributed by atoms with E-state index in [1.54, 1.807) is 80.8 Å². The van der Waals surface area contributed by atoms with Crippen LogP contribution in [0.4, 0.5) is 20.5 Å². The van der Waals surface area contributed by atoms with E-state index in [2.05, 4.69) is 56.2 Å². The van der Waals surface area contributed by atoms with Crippen LogP contribution in [0.3, 0.4) is 0 Å². The van der Waals surface area contributed by atoms with Gasteiger partial charge in [0, 0.05) is 28.4 Å². The molecule has 32 heteroatoms. The number of carbonyl (C=O) groups is 2. The number of pyridine rings is 1. The maximum Gasteiger partial charge on any atom is 0.695 e. The van der Waals surface area contributed by atoms with Crippen molar-refractivity contribution in [1.82, 2.24) is 54.9 Å². The molecule has 4 aromatic carbocycles. The summed E-state index contributed by atoms with van der Waals surface area (Å²) < 4.78 is 103. The van der Waals surface area contributed by atoms with Crippen LogP contribution in [-0.2, 0) is 47.3 Å². The number of aromatic amines is 1. The van der Waals surface area contributed by atoms with E-state index in [1.807, 2.05) is 78.9 Å². The Morgan fingerprint density at radius 2 is 1.38 bits per heavy atom. The first-order chi connectivity index (χ1) is 43.7. The molecule has 11 rings (SSSR count). The molecule has 5 aromatic heterocycles. The summed E-state index contributed by atoms with van der Waals surface area (Å²) in [5, 5.41) is 31.0. The number of alkyl halides is 2. The monoisotopic (exact) mass is 1270 g/mol. The quantitative estimate of drug-likeness (QED) is 0.0255. The van der Waals surface area contributed by atoms with Crippen LogP contribution in [0, 0.1) is 17.2 Å². The lowest BCUT2D eigenvalue weighted by molar-refractivity contribution is -0.118. The van der Waals surface area contributed by atoms with E-state index in [0.29, 0.717) is 33.8 Å². The Bertz CT molecular complexity index is 3920. The van der Waals surface area contributed by atoms with Crippen molar-refractivity contribution in [3.63, 3.8) is 0 Å². The molecule has 28 nitrogen and oxygen atoms in total. The third kappa shape index (κ3) is 14.3.